The van der Waals surface area contributed by atoms with E-state index in [1.807, 2.05) is 24.3 Å². The van der Waals surface area contributed by atoms with Gasteiger partial charge in [0.05, 0.1) is 18.9 Å². The molecule has 23 heavy (non-hydrogen) atoms. The Labute approximate surface area is 137 Å². The van der Waals surface area contributed by atoms with Crippen LogP contribution in [0, 0.1) is 0 Å². The summed E-state index contributed by atoms with van der Waals surface area (Å²) >= 11 is 0. The summed E-state index contributed by atoms with van der Waals surface area (Å²) in [6.07, 6.45) is 0. The van der Waals surface area contributed by atoms with Crippen LogP contribution >= 0.6 is 7.60 Å². The fraction of sp³-hybridized carbons (Fsp3) is 0.294. The molecule has 1 unspecified atom stereocenters. The summed E-state index contributed by atoms with van der Waals surface area (Å²) in [6, 6.07) is 18.0. The van der Waals surface area contributed by atoms with Crippen molar-refractivity contribution in [3.8, 4) is 0 Å². The van der Waals surface area contributed by atoms with Gasteiger partial charge in [0, 0.05) is 0 Å². The topological polar surface area (TPSA) is 59.0 Å². The fourth-order valence-corrected chi connectivity index (χ4v) is 4.36. The van der Waals surface area contributed by atoms with Crippen LogP contribution in [0.25, 0.3) is 0 Å². The summed E-state index contributed by atoms with van der Waals surface area (Å²) in [7, 11) is -3.60. The van der Waals surface area contributed by atoms with Crippen molar-refractivity contribution in [2.24, 2.45) is 0 Å². The molecular formula is C17H22NO4P. The van der Waals surface area contributed by atoms with Crippen molar-refractivity contribution in [3.63, 3.8) is 0 Å². The van der Waals surface area contributed by atoms with E-state index in [1.54, 1.807) is 50.2 Å². The van der Waals surface area contributed by atoms with Gasteiger partial charge in [0.25, 0.3) is 0 Å². The molecule has 0 radical (unpaired) electrons. The lowest BCUT2D eigenvalue weighted by Gasteiger charge is -2.33. The van der Waals surface area contributed by atoms with Gasteiger partial charge in [-0.05, 0) is 31.5 Å². The number of hydrogen-bond acceptors (Lipinski definition) is 5. The standard InChI is InChI=1S/C17H22NO4P/c1-3-21-23(20,22-4-2)17(15-11-7-5-8-12-15)18(19)16-13-9-6-10-14-16/h5-14,17,19H,3-4H2,1-2H3. The number of anilines is 1. The van der Waals surface area contributed by atoms with Crippen LogP contribution < -0.4 is 5.06 Å². The number of hydrogen-bond donors (Lipinski definition) is 1. The van der Waals surface area contributed by atoms with Gasteiger partial charge in [0.2, 0.25) is 0 Å². The van der Waals surface area contributed by atoms with Gasteiger partial charge in [-0.2, -0.15) is 0 Å². The first kappa shape index (κ1) is 17.7. The van der Waals surface area contributed by atoms with Crippen molar-refractivity contribution in [3.05, 3.63) is 66.2 Å². The summed E-state index contributed by atoms with van der Waals surface area (Å²) in [6.45, 7) is 3.95. The molecule has 1 atom stereocenters. The molecule has 0 saturated carbocycles. The van der Waals surface area contributed by atoms with Crippen molar-refractivity contribution >= 4 is 13.3 Å². The second kappa shape index (κ2) is 8.27. The molecule has 0 heterocycles. The SMILES string of the molecule is CCOP(=O)(OCC)C(c1ccccc1)N(O)c1ccccc1. The van der Waals surface area contributed by atoms with E-state index < -0.39 is 13.4 Å². The van der Waals surface area contributed by atoms with Crippen molar-refractivity contribution in [1.29, 1.82) is 0 Å². The molecular weight excluding hydrogens is 313 g/mol. The number of para-hydroxylation sites is 1. The summed E-state index contributed by atoms with van der Waals surface area (Å²) in [5.74, 6) is -0.939. The Morgan fingerprint density at radius 2 is 1.43 bits per heavy atom. The Hall–Kier alpha value is -1.65. The predicted octanol–water partition coefficient (Wildman–Crippen LogP) is 4.85. The van der Waals surface area contributed by atoms with Gasteiger partial charge in [-0.1, -0.05) is 48.5 Å². The third-order valence-corrected chi connectivity index (χ3v) is 5.62. The summed E-state index contributed by atoms with van der Waals surface area (Å²) in [5, 5.41) is 11.7. The zero-order valence-electron chi connectivity index (χ0n) is 13.3. The van der Waals surface area contributed by atoms with Crippen LogP contribution in [0.3, 0.4) is 0 Å². The molecule has 0 aliphatic heterocycles. The summed E-state index contributed by atoms with van der Waals surface area (Å²) < 4.78 is 24.2. The van der Waals surface area contributed by atoms with Gasteiger partial charge in [0.15, 0.2) is 5.78 Å². The molecule has 0 amide bonds. The van der Waals surface area contributed by atoms with Crippen LogP contribution in [0.5, 0.6) is 0 Å². The fourth-order valence-electron chi connectivity index (χ4n) is 2.34. The van der Waals surface area contributed by atoms with Crippen LogP contribution in [0.15, 0.2) is 60.7 Å². The third-order valence-electron chi connectivity index (χ3n) is 3.27. The van der Waals surface area contributed by atoms with Gasteiger partial charge < -0.3 is 9.05 Å². The molecule has 2 aromatic carbocycles. The lowest BCUT2D eigenvalue weighted by molar-refractivity contribution is 0.179. The van der Waals surface area contributed by atoms with E-state index in [0.717, 1.165) is 5.06 Å². The van der Waals surface area contributed by atoms with Crippen LogP contribution in [-0.2, 0) is 13.6 Å². The molecule has 0 fully saturated rings. The van der Waals surface area contributed by atoms with Crippen molar-refractivity contribution in [1.82, 2.24) is 0 Å². The average molecular weight is 335 g/mol. The van der Waals surface area contributed by atoms with Crippen LogP contribution in [0.1, 0.15) is 25.2 Å². The second-order valence-corrected chi connectivity index (χ2v) is 6.93. The van der Waals surface area contributed by atoms with E-state index in [2.05, 4.69) is 0 Å². The van der Waals surface area contributed by atoms with Crippen molar-refractivity contribution in [2.45, 2.75) is 19.6 Å². The first-order valence-electron chi connectivity index (χ1n) is 7.59. The molecule has 0 bridgehead atoms. The zero-order valence-corrected chi connectivity index (χ0v) is 14.2. The number of nitrogens with zero attached hydrogens (tertiary/aromatic N) is 1. The summed E-state index contributed by atoms with van der Waals surface area (Å²) in [5.41, 5.74) is 1.17. The lowest BCUT2D eigenvalue weighted by atomic mass is 10.2. The second-order valence-electron chi connectivity index (χ2n) is 4.84. The first-order chi connectivity index (χ1) is 11.1. The molecule has 0 saturated heterocycles. The quantitative estimate of drug-likeness (QED) is 0.552. The highest BCUT2D eigenvalue weighted by molar-refractivity contribution is 7.54. The number of hydroxylamine groups is 1. The predicted molar refractivity (Wildman–Crippen MR) is 90.7 cm³/mol. The monoisotopic (exact) mass is 335 g/mol. The smallest absolute Gasteiger partial charge is 0.307 e. The molecule has 6 heteroatoms. The van der Waals surface area contributed by atoms with E-state index in [0.29, 0.717) is 11.3 Å². The molecule has 124 valence electrons. The van der Waals surface area contributed by atoms with Crippen molar-refractivity contribution < 1.29 is 18.8 Å². The Bertz CT molecular complexity index is 626. The van der Waals surface area contributed by atoms with Crippen LogP contribution in [-0.4, -0.2) is 18.4 Å². The van der Waals surface area contributed by atoms with E-state index in [4.69, 9.17) is 9.05 Å². The minimum atomic E-state index is -3.60. The van der Waals surface area contributed by atoms with Crippen LogP contribution in [0.4, 0.5) is 5.69 Å². The normalized spacial score (nSPS) is 12.8. The maximum absolute atomic E-state index is 13.3. The van der Waals surface area contributed by atoms with Crippen LogP contribution in [0.2, 0.25) is 0 Å². The first-order valence-corrected chi connectivity index (χ1v) is 9.20. The summed E-state index contributed by atoms with van der Waals surface area (Å²) in [4.78, 5) is 0. The minimum absolute atomic E-state index is 0.225. The Morgan fingerprint density at radius 3 is 1.91 bits per heavy atom. The lowest BCUT2D eigenvalue weighted by Crippen LogP contribution is -2.26. The molecule has 1 N–H and O–H groups in total. The third kappa shape index (κ3) is 4.21. The van der Waals surface area contributed by atoms with Gasteiger partial charge in [-0.15, -0.1) is 0 Å². The highest BCUT2D eigenvalue weighted by Crippen LogP contribution is 2.62. The van der Waals surface area contributed by atoms with Crippen molar-refractivity contribution in [2.75, 3.05) is 18.3 Å². The molecule has 0 aliphatic carbocycles. The highest BCUT2D eigenvalue weighted by atomic mass is 31.2. The number of rotatable bonds is 8. The molecule has 2 rings (SSSR count). The van der Waals surface area contributed by atoms with E-state index in [1.165, 1.54) is 0 Å². The molecule has 0 aliphatic rings. The maximum atomic E-state index is 13.3. The van der Waals surface area contributed by atoms with Gasteiger partial charge in [0.1, 0.15) is 0 Å². The number of benzene rings is 2. The largest absolute Gasteiger partial charge is 0.359 e. The van der Waals surface area contributed by atoms with E-state index >= 15 is 0 Å². The Kier molecular flexibility index (Phi) is 6.37. The van der Waals surface area contributed by atoms with E-state index in [-0.39, 0.29) is 13.2 Å². The Balaban J connectivity index is 2.49. The highest BCUT2D eigenvalue weighted by Gasteiger charge is 2.41. The molecule has 5 nitrogen and oxygen atoms in total. The molecule has 2 aromatic rings. The van der Waals surface area contributed by atoms with Gasteiger partial charge in [-0.25, -0.2) is 5.06 Å². The molecule has 0 aromatic heterocycles. The van der Waals surface area contributed by atoms with E-state index in [9.17, 15) is 9.77 Å². The zero-order chi connectivity index (χ0) is 16.7. The van der Waals surface area contributed by atoms with Gasteiger partial charge >= 0.3 is 7.60 Å². The van der Waals surface area contributed by atoms with Gasteiger partial charge in [-0.3, -0.25) is 9.77 Å². The Morgan fingerprint density at radius 1 is 0.957 bits per heavy atom. The minimum Gasteiger partial charge on any atom is -0.307 e. The molecule has 0 spiro atoms. The maximum Gasteiger partial charge on any atom is 0.359 e. The average Bonchev–Trinajstić information content (AvgIpc) is 2.57.